The largest absolute Gasteiger partial charge is 0.496 e. The van der Waals surface area contributed by atoms with Gasteiger partial charge in [-0.1, -0.05) is 18.2 Å². The normalized spacial score (nSPS) is 21.7. The van der Waals surface area contributed by atoms with Gasteiger partial charge in [0.1, 0.15) is 24.1 Å². The van der Waals surface area contributed by atoms with Gasteiger partial charge in [0.05, 0.1) is 25.8 Å². The van der Waals surface area contributed by atoms with Gasteiger partial charge in [-0.2, -0.15) is 0 Å². The van der Waals surface area contributed by atoms with Gasteiger partial charge in [0.2, 0.25) is 17.6 Å². The molecule has 1 heterocycles. The predicted octanol–water partition coefficient (Wildman–Crippen LogP) is -1.99. The van der Waals surface area contributed by atoms with Crippen molar-refractivity contribution in [1.82, 2.24) is 10.6 Å². The summed E-state index contributed by atoms with van der Waals surface area (Å²) in [6.45, 7) is 0.324. The third kappa shape index (κ3) is 7.67. The summed E-state index contributed by atoms with van der Waals surface area (Å²) in [6.07, 6.45) is -3.54. The first kappa shape index (κ1) is 27.6. The number of benzene rings is 1. The predicted molar refractivity (Wildman–Crippen MR) is 122 cm³/mol. The van der Waals surface area contributed by atoms with E-state index in [2.05, 4.69) is 15.6 Å². The number of hydrogen-bond donors (Lipinski definition) is 7. The van der Waals surface area contributed by atoms with Crippen molar-refractivity contribution >= 4 is 23.7 Å². The number of carbonyl (C=O) groups is 3. The Morgan fingerprint density at radius 3 is 2.54 bits per heavy atom. The van der Waals surface area contributed by atoms with Crippen LogP contribution in [0, 0.1) is 0 Å². The second-order valence-corrected chi connectivity index (χ2v) is 7.75. The minimum Gasteiger partial charge on any atom is -0.496 e. The molecule has 8 N–H and O–H groups in total. The minimum atomic E-state index is -1.78. The number of ether oxygens (including phenoxy) is 2. The first-order chi connectivity index (χ1) is 16.6. The highest BCUT2D eigenvalue weighted by molar-refractivity contribution is 5.96. The molecule has 0 bridgehead atoms. The van der Waals surface area contributed by atoms with Crippen LogP contribution < -0.4 is 21.1 Å². The van der Waals surface area contributed by atoms with Crippen LogP contribution in [0.4, 0.5) is 0 Å². The summed E-state index contributed by atoms with van der Waals surface area (Å²) in [7, 11) is 1.52. The fourth-order valence-corrected chi connectivity index (χ4v) is 3.52. The molecule has 0 unspecified atom stereocenters. The molecule has 192 valence electrons. The number of nitrogens with zero attached hydrogens (tertiary/aromatic N) is 1. The summed E-state index contributed by atoms with van der Waals surface area (Å²) in [5.41, 5.74) is 6.67. The van der Waals surface area contributed by atoms with Gasteiger partial charge in [-0.3, -0.25) is 14.9 Å². The Labute approximate surface area is 201 Å². The van der Waals surface area contributed by atoms with Gasteiger partial charge in [0.15, 0.2) is 5.96 Å². The Morgan fingerprint density at radius 1 is 1.26 bits per heavy atom. The first-order valence-corrected chi connectivity index (χ1v) is 10.7. The third-order valence-electron chi connectivity index (χ3n) is 5.18. The summed E-state index contributed by atoms with van der Waals surface area (Å²) in [5, 5.41) is 43.7. The van der Waals surface area contributed by atoms with E-state index in [0.29, 0.717) is 12.2 Å². The number of nitrogens with two attached hydrogens (primary N) is 1. The number of carboxylic acid groups (broad SMARTS) is 1. The number of aliphatic hydroxyl groups excluding tert-OH is 3. The highest BCUT2D eigenvalue weighted by Gasteiger charge is 2.43. The Bertz CT molecular complexity index is 981. The number of carboxylic acids is 1. The van der Waals surface area contributed by atoms with Gasteiger partial charge in [-0.15, -0.1) is 0 Å². The number of aliphatic hydroxyl groups is 3. The van der Waals surface area contributed by atoms with Crippen LogP contribution in [-0.4, -0.2) is 88.3 Å². The number of rotatable bonds is 10. The number of guanidine groups is 1. The van der Waals surface area contributed by atoms with E-state index in [1.54, 1.807) is 12.1 Å². The second kappa shape index (κ2) is 12.7. The molecule has 0 spiro atoms. The van der Waals surface area contributed by atoms with Crippen molar-refractivity contribution in [2.24, 2.45) is 10.7 Å². The third-order valence-corrected chi connectivity index (χ3v) is 5.18. The molecule has 0 saturated heterocycles. The van der Waals surface area contributed by atoms with Gasteiger partial charge >= 0.3 is 5.97 Å². The first-order valence-electron chi connectivity index (χ1n) is 10.7. The van der Waals surface area contributed by atoms with Gasteiger partial charge < -0.3 is 41.0 Å². The van der Waals surface area contributed by atoms with Crippen molar-refractivity contribution in [3.63, 3.8) is 0 Å². The molecule has 0 aromatic heterocycles. The second-order valence-electron chi connectivity index (χ2n) is 7.75. The number of aryl methyl sites for hydroxylation is 1. The fraction of sp³-hybridized carbons (Fsp3) is 0.455. The van der Waals surface area contributed by atoms with E-state index in [1.807, 2.05) is 12.1 Å². The molecule has 13 heteroatoms. The van der Waals surface area contributed by atoms with Gasteiger partial charge in [-0.25, -0.2) is 9.79 Å². The molecular weight excluding hydrogens is 464 g/mol. The zero-order valence-corrected chi connectivity index (χ0v) is 19.2. The lowest BCUT2D eigenvalue weighted by Gasteiger charge is -2.38. The molecule has 1 aliphatic heterocycles. The van der Waals surface area contributed by atoms with Crippen molar-refractivity contribution in [3.05, 3.63) is 41.7 Å². The molecule has 1 aliphatic rings. The molecule has 1 aromatic rings. The molecule has 35 heavy (non-hydrogen) atoms. The number of carbonyl (C=O) groups excluding carboxylic acids is 2. The molecule has 5 atom stereocenters. The molecule has 1 aromatic carbocycles. The maximum absolute atomic E-state index is 12.4. The summed E-state index contributed by atoms with van der Waals surface area (Å²) in [5.74, 6) is -2.90. The van der Waals surface area contributed by atoms with Crippen molar-refractivity contribution in [1.29, 1.82) is 0 Å². The van der Waals surface area contributed by atoms with Crippen molar-refractivity contribution < 1.29 is 44.3 Å². The van der Waals surface area contributed by atoms with Crippen molar-refractivity contribution in [3.8, 4) is 5.75 Å². The number of amides is 2. The van der Waals surface area contributed by atoms with E-state index in [9.17, 15) is 29.7 Å². The van der Waals surface area contributed by atoms with Crippen molar-refractivity contribution in [2.45, 2.75) is 50.2 Å². The molecular formula is C22H30N4O9. The lowest BCUT2D eigenvalue weighted by molar-refractivity contribution is -0.145. The van der Waals surface area contributed by atoms with Crippen LogP contribution in [0.25, 0.3) is 0 Å². The van der Waals surface area contributed by atoms with E-state index in [0.717, 1.165) is 11.6 Å². The number of methoxy groups -OCH3 is 1. The van der Waals surface area contributed by atoms with Crippen LogP contribution in [0.2, 0.25) is 0 Å². The standard InChI is InChI=1S/C22H30N4O9/c1-11(28)24-18-13(9-16(21(32)33)35-20(18)19(31)14(29)10-27)25-22(23)26-17(30)8-7-12-5-3-4-6-15(12)34-2/h3-6,9,13-14,18-20,27,29,31H,7-8,10H2,1-2H3,(H,24,28)(H,32,33)(H3,23,25,26,30)/t13-,14+,18+,19+,20+/m0/s1. The molecule has 0 saturated carbocycles. The summed E-state index contributed by atoms with van der Waals surface area (Å²) >= 11 is 0. The van der Waals surface area contributed by atoms with Gasteiger partial charge in [0.25, 0.3) is 0 Å². The number of hydrogen-bond acceptors (Lipinski definition) is 9. The van der Waals surface area contributed by atoms with Crippen LogP contribution in [0.3, 0.4) is 0 Å². The lowest BCUT2D eigenvalue weighted by Crippen LogP contribution is -2.60. The maximum Gasteiger partial charge on any atom is 0.370 e. The van der Waals surface area contributed by atoms with Gasteiger partial charge in [-0.05, 0) is 24.1 Å². The number of nitrogens with one attached hydrogen (secondary N) is 2. The van der Waals surface area contributed by atoms with E-state index in [4.69, 9.17) is 20.3 Å². The van der Waals surface area contributed by atoms with Gasteiger partial charge in [0, 0.05) is 13.3 Å². The molecule has 0 fully saturated rings. The summed E-state index contributed by atoms with van der Waals surface area (Å²) < 4.78 is 10.5. The van der Waals surface area contributed by atoms with Crippen LogP contribution in [0.15, 0.2) is 41.1 Å². The number of para-hydroxylation sites is 1. The Kier molecular flexibility index (Phi) is 9.99. The van der Waals surface area contributed by atoms with E-state index in [-0.39, 0.29) is 12.4 Å². The lowest BCUT2D eigenvalue weighted by atomic mass is 9.92. The minimum absolute atomic E-state index is 0.0414. The zero-order valence-electron chi connectivity index (χ0n) is 19.2. The smallest absolute Gasteiger partial charge is 0.370 e. The highest BCUT2D eigenvalue weighted by atomic mass is 16.5. The number of aliphatic carboxylic acids is 1. The quantitative estimate of drug-likeness (QED) is 0.140. The van der Waals surface area contributed by atoms with E-state index in [1.165, 1.54) is 14.0 Å². The van der Waals surface area contributed by atoms with Crippen LogP contribution in [0.5, 0.6) is 5.75 Å². The monoisotopic (exact) mass is 494 g/mol. The topological polar surface area (TPSA) is 213 Å². The van der Waals surface area contributed by atoms with Crippen LogP contribution in [0.1, 0.15) is 18.9 Å². The Balaban J connectivity index is 2.23. The van der Waals surface area contributed by atoms with E-state index < -0.39 is 60.5 Å². The Hall–Kier alpha value is -3.68. The Morgan fingerprint density at radius 2 is 1.94 bits per heavy atom. The molecule has 0 radical (unpaired) electrons. The average Bonchev–Trinajstić information content (AvgIpc) is 2.82. The SMILES string of the molecule is COc1ccccc1CCC(=O)NC(N)=N[C@H]1C=C(C(=O)O)O[C@@H]([C@H](O)[C@H](O)CO)[C@@H]1NC(C)=O. The van der Waals surface area contributed by atoms with Crippen LogP contribution in [-0.2, 0) is 25.5 Å². The molecule has 13 nitrogen and oxygen atoms in total. The maximum atomic E-state index is 12.4. The zero-order chi connectivity index (χ0) is 26.1. The van der Waals surface area contributed by atoms with E-state index >= 15 is 0 Å². The summed E-state index contributed by atoms with van der Waals surface area (Å²) in [4.78, 5) is 39.8. The molecule has 2 amide bonds. The summed E-state index contributed by atoms with van der Waals surface area (Å²) in [6, 6.07) is 4.81. The average molecular weight is 495 g/mol. The van der Waals surface area contributed by atoms with Crippen molar-refractivity contribution in [2.75, 3.05) is 13.7 Å². The molecule has 2 rings (SSSR count). The highest BCUT2D eigenvalue weighted by Crippen LogP contribution is 2.25. The number of aliphatic imine (C=N–C) groups is 1. The molecule has 0 aliphatic carbocycles. The van der Waals surface area contributed by atoms with Crippen LogP contribution >= 0.6 is 0 Å². The fourth-order valence-electron chi connectivity index (χ4n) is 3.52.